The van der Waals surface area contributed by atoms with E-state index in [9.17, 15) is 0 Å². The molecule has 2 rings (SSSR count). The standard InChI is InChI=1S/C17H29N3/c1-5-20-12-10-15(11-13-20)19(4)17-9-7-6-8-16(17)14(2)18-3/h6-9,14-15,18H,5,10-13H2,1-4H3. The van der Waals surface area contributed by atoms with Gasteiger partial charge >= 0.3 is 0 Å². The van der Waals surface area contributed by atoms with Crippen LogP contribution >= 0.6 is 0 Å². The molecular formula is C17H29N3. The number of piperidine rings is 1. The van der Waals surface area contributed by atoms with Gasteiger partial charge in [-0.25, -0.2) is 0 Å². The van der Waals surface area contributed by atoms with Crippen LogP contribution in [0.4, 0.5) is 5.69 Å². The van der Waals surface area contributed by atoms with Crippen molar-refractivity contribution in [2.75, 3.05) is 38.6 Å². The lowest BCUT2D eigenvalue weighted by Gasteiger charge is -2.38. The highest BCUT2D eigenvalue weighted by Crippen LogP contribution is 2.29. The summed E-state index contributed by atoms with van der Waals surface area (Å²) in [4.78, 5) is 5.04. The number of rotatable bonds is 5. The van der Waals surface area contributed by atoms with E-state index in [-0.39, 0.29) is 0 Å². The molecule has 112 valence electrons. The third-order valence-corrected chi connectivity index (χ3v) is 4.77. The topological polar surface area (TPSA) is 18.5 Å². The van der Waals surface area contributed by atoms with Crippen LogP contribution in [-0.2, 0) is 0 Å². The van der Waals surface area contributed by atoms with Crippen LogP contribution in [0.3, 0.4) is 0 Å². The molecule has 0 radical (unpaired) electrons. The lowest BCUT2D eigenvalue weighted by molar-refractivity contribution is 0.220. The van der Waals surface area contributed by atoms with Crippen molar-refractivity contribution in [2.24, 2.45) is 0 Å². The molecule has 1 aromatic rings. The molecule has 1 aliphatic heterocycles. The van der Waals surface area contributed by atoms with Crippen LogP contribution in [-0.4, -0.2) is 44.7 Å². The molecule has 0 aromatic heterocycles. The van der Waals surface area contributed by atoms with Gasteiger partial charge in [0.15, 0.2) is 0 Å². The lowest BCUT2D eigenvalue weighted by Crippen LogP contribution is -2.43. The largest absolute Gasteiger partial charge is 0.371 e. The molecule has 0 spiro atoms. The highest BCUT2D eigenvalue weighted by Gasteiger charge is 2.23. The summed E-state index contributed by atoms with van der Waals surface area (Å²) in [6, 6.07) is 9.86. The zero-order valence-electron chi connectivity index (χ0n) is 13.4. The maximum Gasteiger partial charge on any atom is 0.0414 e. The molecule has 1 saturated heterocycles. The van der Waals surface area contributed by atoms with Gasteiger partial charge in [-0.05, 0) is 45.0 Å². The molecular weight excluding hydrogens is 246 g/mol. The van der Waals surface area contributed by atoms with E-state index < -0.39 is 0 Å². The van der Waals surface area contributed by atoms with E-state index in [1.807, 2.05) is 7.05 Å². The summed E-state index contributed by atoms with van der Waals surface area (Å²) in [5, 5.41) is 3.36. The molecule has 1 aromatic carbocycles. The second-order valence-corrected chi connectivity index (χ2v) is 5.85. The number of likely N-dealkylation sites (tertiary alicyclic amines) is 1. The fourth-order valence-electron chi connectivity index (χ4n) is 3.15. The van der Waals surface area contributed by atoms with Crippen LogP contribution in [0.15, 0.2) is 24.3 Å². The average molecular weight is 275 g/mol. The van der Waals surface area contributed by atoms with E-state index in [1.165, 1.54) is 43.7 Å². The number of anilines is 1. The van der Waals surface area contributed by atoms with Gasteiger partial charge in [-0.2, -0.15) is 0 Å². The van der Waals surface area contributed by atoms with Crippen molar-refractivity contribution in [3.05, 3.63) is 29.8 Å². The minimum atomic E-state index is 0.393. The maximum atomic E-state index is 3.36. The number of nitrogens with zero attached hydrogens (tertiary/aromatic N) is 2. The lowest BCUT2D eigenvalue weighted by atomic mass is 10.00. The SMILES string of the molecule is CCN1CCC(N(C)c2ccccc2C(C)NC)CC1. The summed E-state index contributed by atoms with van der Waals surface area (Å²) >= 11 is 0. The van der Waals surface area contributed by atoms with Gasteiger partial charge in [0, 0.05) is 37.9 Å². The van der Waals surface area contributed by atoms with E-state index in [0.717, 1.165) is 0 Å². The number of nitrogens with one attached hydrogen (secondary N) is 1. The second-order valence-electron chi connectivity index (χ2n) is 5.85. The molecule has 1 atom stereocenters. The van der Waals surface area contributed by atoms with Crippen LogP contribution in [0, 0.1) is 0 Å². The molecule has 1 fully saturated rings. The van der Waals surface area contributed by atoms with E-state index in [2.05, 4.69) is 60.3 Å². The molecule has 1 heterocycles. The number of benzene rings is 1. The molecule has 0 saturated carbocycles. The average Bonchev–Trinajstić information content (AvgIpc) is 2.53. The van der Waals surface area contributed by atoms with Crippen molar-refractivity contribution >= 4 is 5.69 Å². The maximum absolute atomic E-state index is 3.36. The zero-order valence-corrected chi connectivity index (χ0v) is 13.4. The Morgan fingerprint density at radius 1 is 1.30 bits per heavy atom. The third kappa shape index (κ3) is 3.33. The van der Waals surface area contributed by atoms with Crippen molar-refractivity contribution in [2.45, 2.75) is 38.8 Å². The quantitative estimate of drug-likeness (QED) is 0.891. The van der Waals surface area contributed by atoms with Gasteiger partial charge in [-0.1, -0.05) is 25.1 Å². The Labute approximate surface area is 124 Å². The second kappa shape index (κ2) is 7.09. The van der Waals surface area contributed by atoms with Gasteiger partial charge < -0.3 is 15.1 Å². The first-order chi connectivity index (χ1) is 9.67. The third-order valence-electron chi connectivity index (χ3n) is 4.77. The number of hydrogen-bond acceptors (Lipinski definition) is 3. The summed E-state index contributed by atoms with van der Waals surface area (Å²) in [5.41, 5.74) is 2.78. The summed E-state index contributed by atoms with van der Waals surface area (Å²) < 4.78 is 0. The van der Waals surface area contributed by atoms with Gasteiger partial charge in [-0.3, -0.25) is 0 Å². The summed E-state index contributed by atoms with van der Waals surface area (Å²) in [6.45, 7) is 8.13. The molecule has 1 unspecified atom stereocenters. The van der Waals surface area contributed by atoms with Gasteiger partial charge in [-0.15, -0.1) is 0 Å². The monoisotopic (exact) mass is 275 g/mol. The number of para-hydroxylation sites is 1. The molecule has 0 amide bonds. The van der Waals surface area contributed by atoms with Crippen LogP contribution in [0.1, 0.15) is 38.3 Å². The van der Waals surface area contributed by atoms with Crippen LogP contribution in [0.2, 0.25) is 0 Å². The van der Waals surface area contributed by atoms with Gasteiger partial charge in [0.2, 0.25) is 0 Å². The van der Waals surface area contributed by atoms with Gasteiger partial charge in [0.1, 0.15) is 0 Å². The van der Waals surface area contributed by atoms with Crippen molar-refractivity contribution in [1.29, 1.82) is 0 Å². The molecule has 0 bridgehead atoms. The molecule has 1 aliphatic rings. The molecule has 3 nitrogen and oxygen atoms in total. The van der Waals surface area contributed by atoms with E-state index in [0.29, 0.717) is 12.1 Å². The Morgan fingerprint density at radius 2 is 1.95 bits per heavy atom. The summed E-state index contributed by atoms with van der Waals surface area (Å²) in [5.74, 6) is 0. The molecule has 0 aliphatic carbocycles. The van der Waals surface area contributed by atoms with Gasteiger partial charge in [0.25, 0.3) is 0 Å². The Hall–Kier alpha value is -1.06. The Balaban J connectivity index is 2.11. The highest BCUT2D eigenvalue weighted by molar-refractivity contribution is 5.55. The predicted octanol–water partition coefficient (Wildman–Crippen LogP) is 2.89. The van der Waals surface area contributed by atoms with Crippen LogP contribution < -0.4 is 10.2 Å². The zero-order chi connectivity index (χ0) is 14.5. The highest BCUT2D eigenvalue weighted by atomic mass is 15.2. The predicted molar refractivity (Wildman–Crippen MR) is 87.5 cm³/mol. The fraction of sp³-hybridized carbons (Fsp3) is 0.647. The minimum Gasteiger partial charge on any atom is -0.371 e. The van der Waals surface area contributed by atoms with Crippen LogP contribution in [0.5, 0.6) is 0 Å². The Bertz CT molecular complexity index is 410. The van der Waals surface area contributed by atoms with E-state index in [1.54, 1.807) is 0 Å². The molecule has 1 N–H and O–H groups in total. The Morgan fingerprint density at radius 3 is 2.55 bits per heavy atom. The normalized spacial score (nSPS) is 19.0. The molecule has 3 heteroatoms. The fourth-order valence-corrected chi connectivity index (χ4v) is 3.15. The summed E-state index contributed by atoms with van der Waals surface area (Å²) in [6.07, 6.45) is 2.54. The van der Waals surface area contributed by atoms with E-state index in [4.69, 9.17) is 0 Å². The number of hydrogen-bond donors (Lipinski definition) is 1. The Kier molecular flexibility index (Phi) is 5.44. The van der Waals surface area contributed by atoms with Crippen molar-refractivity contribution in [1.82, 2.24) is 10.2 Å². The summed E-state index contributed by atoms with van der Waals surface area (Å²) in [7, 11) is 4.29. The van der Waals surface area contributed by atoms with Crippen LogP contribution in [0.25, 0.3) is 0 Å². The first kappa shape index (κ1) is 15.3. The van der Waals surface area contributed by atoms with Crippen molar-refractivity contribution in [3.63, 3.8) is 0 Å². The first-order valence-corrected chi connectivity index (χ1v) is 7.88. The molecule has 20 heavy (non-hydrogen) atoms. The van der Waals surface area contributed by atoms with E-state index >= 15 is 0 Å². The van der Waals surface area contributed by atoms with Crippen molar-refractivity contribution < 1.29 is 0 Å². The first-order valence-electron chi connectivity index (χ1n) is 7.88. The minimum absolute atomic E-state index is 0.393. The van der Waals surface area contributed by atoms with Crippen molar-refractivity contribution in [3.8, 4) is 0 Å². The smallest absolute Gasteiger partial charge is 0.0414 e. The van der Waals surface area contributed by atoms with Gasteiger partial charge in [0.05, 0.1) is 0 Å².